The summed E-state index contributed by atoms with van der Waals surface area (Å²) in [6.07, 6.45) is 0. The standard InChI is InChI=1S/C9H8ClNO4/c1-6(12)15-5-7-4-8(11(13)14)2-3-9(7)10/h2-4H,5H2,1H3. The van der Waals surface area contributed by atoms with Gasteiger partial charge in [-0.05, 0) is 6.07 Å². The number of rotatable bonds is 3. The van der Waals surface area contributed by atoms with Crippen LogP contribution in [0.4, 0.5) is 5.69 Å². The maximum absolute atomic E-state index is 10.5. The highest BCUT2D eigenvalue weighted by Gasteiger charge is 2.10. The second-order valence-corrected chi connectivity index (χ2v) is 3.22. The highest BCUT2D eigenvalue weighted by atomic mass is 35.5. The van der Waals surface area contributed by atoms with Gasteiger partial charge in [0.25, 0.3) is 5.69 Å². The van der Waals surface area contributed by atoms with Crippen LogP contribution >= 0.6 is 11.6 Å². The third-order valence-corrected chi connectivity index (χ3v) is 2.04. The molecule has 0 saturated heterocycles. The largest absolute Gasteiger partial charge is 0.461 e. The molecule has 0 aliphatic carbocycles. The first-order valence-corrected chi connectivity index (χ1v) is 4.44. The van der Waals surface area contributed by atoms with E-state index in [0.717, 1.165) is 0 Å². The molecule has 0 aliphatic rings. The predicted octanol–water partition coefficient (Wildman–Crippen LogP) is 2.31. The zero-order valence-electron chi connectivity index (χ0n) is 7.90. The fourth-order valence-corrected chi connectivity index (χ4v) is 1.14. The van der Waals surface area contributed by atoms with E-state index < -0.39 is 10.9 Å². The molecule has 0 radical (unpaired) electrons. The summed E-state index contributed by atoms with van der Waals surface area (Å²) in [6.45, 7) is 1.20. The van der Waals surface area contributed by atoms with Crippen LogP contribution in [0.1, 0.15) is 12.5 Å². The molecule has 0 amide bonds. The lowest BCUT2D eigenvalue weighted by atomic mass is 10.2. The lowest BCUT2D eigenvalue weighted by Gasteiger charge is -2.03. The summed E-state index contributed by atoms with van der Waals surface area (Å²) in [6, 6.07) is 3.98. The topological polar surface area (TPSA) is 69.4 Å². The Morgan fingerprint density at radius 2 is 2.27 bits per heavy atom. The highest BCUT2D eigenvalue weighted by molar-refractivity contribution is 6.31. The van der Waals surface area contributed by atoms with Crippen molar-refractivity contribution in [2.75, 3.05) is 0 Å². The van der Waals surface area contributed by atoms with Crippen LogP contribution in [-0.4, -0.2) is 10.9 Å². The third-order valence-electron chi connectivity index (χ3n) is 1.67. The lowest BCUT2D eigenvalue weighted by molar-refractivity contribution is -0.384. The number of hydrogen-bond donors (Lipinski definition) is 0. The van der Waals surface area contributed by atoms with Crippen LogP contribution in [0.25, 0.3) is 0 Å². The summed E-state index contributed by atoms with van der Waals surface area (Å²) in [5, 5.41) is 10.8. The molecule has 6 heteroatoms. The molecule has 0 fully saturated rings. The maximum Gasteiger partial charge on any atom is 0.302 e. The van der Waals surface area contributed by atoms with E-state index >= 15 is 0 Å². The van der Waals surface area contributed by atoms with Crippen molar-refractivity contribution in [2.45, 2.75) is 13.5 Å². The summed E-state index contributed by atoms with van der Waals surface area (Å²) in [5.41, 5.74) is 0.336. The molecule has 0 aliphatic heterocycles. The van der Waals surface area contributed by atoms with Gasteiger partial charge in [-0.25, -0.2) is 0 Å². The minimum atomic E-state index is -0.534. The van der Waals surface area contributed by atoms with Gasteiger partial charge < -0.3 is 4.74 Å². The zero-order chi connectivity index (χ0) is 11.4. The van der Waals surface area contributed by atoms with Gasteiger partial charge in [-0.3, -0.25) is 14.9 Å². The van der Waals surface area contributed by atoms with Crippen LogP contribution in [-0.2, 0) is 16.1 Å². The molecule has 1 aromatic rings. The summed E-state index contributed by atoms with van der Waals surface area (Å²) in [5.74, 6) is -0.461. The summed E-state index contributed by atoms with van der Waals surface area (Å²) in [7, 11) is 0. The average Bonchev–Trinajstić information content (AvgIpc) is 2.16. The van der Waals surface area contributed by atoms with Gasteiger partial charge in [0.05, 0.1) is 4.92 Å². The zero-order valence-corrected chi connectivity index (χ0v) is 8.65. The number of carbonyl (C=O) groups excluding carboxylic acids is 1. The van der Waals surface area contributed by atoms with Gasteiger partial charge in [-0.15, -0.1) is 0 Å². The first kappa shape index (κ1) is 11.5. The molecule has 0 spiro atoms. The Morgan fingerprint density at radius 1 is 1.60 bits per heavy atom. The summed E-state index contributed by atoms with van der Waals surface area (Å²) in [4.78, 5) is 20.5. The minimum Gasteiger partial charge on any atom is -0.461 e. The number of ether oxygens (including phenoxy) is 1. The van der Waals surface area contributed by atoms with Gasteiger partial charge in [0.2, 0.25) is 0 Å². The van der Waals surface area contributed by atoms with E-state index in [2.05, 4.69) is 0 Å². The molecular weight excluding hydrogens is 222 g/mol. The summed E-state index contributed by atoms with van der Waals surface area (Å²) < 4.78 is 4.70. The SMILES string of the molecule is CC(=O)OCc1cc([N+](=O)[O-])ccc1Cl. The third kappa shape index (κ3) is 3.21. The molecular formula is C9H8ClNO4. The van der Waals surface area contributed by atoms with Gasteiger partial charge in [-0.1, -0.05) is 11.6 Å². The quantitative estimate of drug-likeness (QED) is 0.453. The van der Waals surface area contributed by atoms with Crippen LogP contribution in [0.3, 0.4) is 0 Å². The van der Waals surface area contributed by atoms with Crippen molar-refractivity contribution in [2.24, 2.45) is 0 Å². The molecule has 0 unspecified atom stereocenters. The number of benzene rings is 1. The number of halogens is 1. The van der Waals surface area contributed by atoms with Gasteiger partial charge in [0.15, 0.2) is 0 Å². The molecule has 0 aromatic heterocycles. The normalized spacial score (nSPS) is 9.73. The van der Waals surface area contributed by atoms with E-state index in [9.17, 15) is 14.9 Å². The number of nitrogens with zero attached hydrogens (tertiary/aromatic N) is 1. The van der Waals surface area contributed by atoms with E-state index in [1.54, 1.807) is 0 Å². The smallest absolute Gasteiger partial charge is 0.302 e. The maximum atomic E-state index is 10.5. The van der Waals surface area contributed by atoms with Crippen molar-refractivity contribution >= 4 is 23.3 Å². The average molecular weight is 230 g/mol. The minimum absolute atomic E-state index is 0.0597. The van der Waals surface area contributed by atoms with Gasteiger partial charge >= 0.3 is 5.97 Å². The molecule has 0 atom stereocenters. The number of carbonyl (C=O) groups is 1. The number of esters is 1. The molecule has 1 aromatic carbocycles. The molecule has 5 nitrogen and oxygen atoms in total. The van der Waals surface area contributed by atoms with Crippen molar-refractivity contribution in [3.63, 3.8) is 0 Å². The van der Waals surface area contributed by atoms with Crippen molar-refractivity contribution in [1.82, 2.24) is 0 Å². The van der Waals surface area contributed by atoms with E-state index in [1.165, 1.54) is 25.1 Å². The highest BCUT2D eigenvalue weighted by Crippen LogP contribution is 2.22. The van der Waals surface area contributed by atoms with Crippen molar-refractivity contribution in [1.29, 1.82) is 0 Å². The molecule has 0 N–H and O–H groups in total. The second-order valence-electron chi connectivity index (χ2n) is 2.81. The molecule has 15 heavy (non-hydrogen) atoms. The Balaban J connectivity index is 2.90. The fourth-order valence-electron chi connectivity index (χ4n) is 0.965. The molecule has 0 saturated carbocycles. The van der Waals surface area contributed by atoms with Crippen molar-refractivity contribution < 1.29 is 14.5 Å². The van der Waals surface area contributed by atoms with E-state index in [-0.39, 0.29) is 12.3 Å². The lowest BCUT2D eigenvalue weighted by Crippen LogP contribution is -2.00. The van der Waals surface area contributed by atoms with Gasteiger partial charge in [-0.2, -0.15) is 0 Å². The van der Waals surface area contributed by atoms with Crippen molar-refractivity contribution in [3.8, 4) is 0 Å². The van der Waals surface area contributed by atoms with Crippen LogP contribution < -0.4 is 0 Å². The first-order chi connectivity index (χ1) is 7.00. The van der Waals surface area contributed by atoms with Crippen LogP contribution in [0, 0.1) is 10.1 Å². The monoisotopic (exact) mass is 229 g/mol. The van der Waals surface area contributed by atoms with Gasteiger partial charge in [0.1, 0.15) is 6.61 Å². The molecule has 80 valence electrons. The number of nitro groups is 1. The van der Waals surface area contributed by atoms with E-state index in [4.69, 9.17) is 16.3 Å². The number of nitro benzene ring substituents is 1. The molecule has 0 bridgehead atoms. The Bertz CT molecular complexity index is 405. The molecule has 1 rings (SSSR count). The fraction of sp³-hybridized carbons (Fsp3) is 0.222. The van der Waals surface area contributed by atoms with Crippen molar-refractivity contribution in [3.05, 3.63) is 38.9 Å². The summed E-state index contributed by atoms with van der Waals surface area (Å²) >= 11 is 5.77. The number of hydrogen-bond acceptors (Lipinski definition) is 4. The Morgan fingerprint density at radius 3 is 2.80 bits per heavy atom. The Labute approximate surface area is 90.8 Å². The second kappa shape index (κ2) is 4.75. The predicted molar refractivity (Wildman–Crippen MR) is 53.6 cm³/mol. The van der Waals surface area contributed by atoms with Gasteiger partial charge in [0, 0.05) is 29.6 Å². The number of non-ortho nitro benzene ring substituents is 1. The van der Waals surface area contributed by atoms with Crippen LogP contribution in [0.15, 0.2) is 18.2 Å². The van der Waals surface area contributed by atoms with Crippen LogP contribution in [0.5, 0.6) is 0 Å². The Hall–Kier alpha value is -1.62. The van der Waals surface area contributed by atoms with Crippen LogP contribution in [0.2, 0.25) is 5.02 Å². The van der Waals surface area contributed by atoms with E-state index in [0.29, 0.717) is 10.6 Å². The van der Waals surface area contributed by atoms with E-state index in [1.807, 2.05) is 0 Å². The first-order valence-electron chi connectivity index (χ1n) is 4.07. The molecule has 0 heterocycles. The Kier molecular flexibility index (Phi) is 3.62.